The maximum absolute atomic E-state index is 11.8. The number of benzene rings is 1. The second kappa shape index (κ2) is 4.22. The average Bonchev–Trinajstić information content (AvgIpc) is 2.60. The summed E-state index contributed by atoms with van der Waals surface area (Å²) in [5.74, 6) is -0.303. The van der Waals surface area contributed by atoms with Crippen LogP contribution in [0, 0.1) is 6.92 Å². The Labute approximate surface area is 100.0 Å². The fourth-order valence-electron chi connectivity index (χ4n) is 2.11. The molecule has 0 aliphatic heterocycles. The number of fused-ring (bicyclic) bond motifs is 1. The molecule has 0 aliphatic carbocycles. The van der Waals surface area contributed by atoms with Crippen molar-refractivity contribution in [1.82, 2.24) is 4.57 Å². The molecular formula is C13H16N2O2. The van der Waals surface area contributed by atoms with Crippen LogP contribution in [0.1, 0.15) is 21.6 Å². The molecule has 0 aliphatic rings. The van der Waals surface area contributed by atoms with Gasteiger partial charge in [-0.05, 0) is 24.6 Å². The Bertz CT molecular complexity index is 585. The lowest BCUT2D eigenvalue weighted by Crippen LogP contribution is -2.03. The molecule has 0 unspecified atom stereocenters. The van der Waals surface area contributed by atoms with Gasteiger partial charge in [0.15, 0.2) is 0 Å². The molecule has 0 bridgehead atoms. The number of carbonyl (C=O) groups is 1. The van der Waals surface area contributed by atoms with Gasteiger partial charge in [0.1, 0.15) is 0 Å². The Hall–Kier alpha value is -1.81. The van der Waals surface area contributed by atoms with Crippen molar-refractivity contribution < 1.29 is 9.53 Å². The van der Waals surface area contributed by atoms with Gasteiger partial charge in [-0.15, -0.1) is 0 Å². The number of methoxy groups -OCH3 is 1. The van der Waals surface area contributed by atoms with Gasteiger partial charge in [-0.3, -0.25) is 0 Å². The van der Waals surface area contributed by atoms with Crippen LogP contribution < -0.4 is 5.73 Å². The zero-order valence-corrected chi connectivity index (χ0v) is 10.3. The summed E-state index contributed by atoms with van der Waals surface area (Å²) in [5, 5.41) is 0.903. The van der Waals surface area contributed by atoms with Gasteiger partial charge in [-0.1, -0.05) is 6.07 Å². The number of hydrogen-bond donors (Lipinski definition) is 1. The number of rotatable bonds is 2. The van der Waals surface area contributed by atoms with E-state index in [-0.39, 0.29) is 5.97 Å². The molecular weight excluding hydrogens is 216 g/mol. The Balaban J connectivity index is 2.80. The summed E-state index contributed by atoms with van der Waals surface area (Å²) < 4.78 is 6.82. The second-order valence-electron chi connectivity index (χ2n) is 4.07. The summed E-state index contributed by atoms with van der Waals surface area (Å²) in [6.45, 7) is 2.37. The normalized spacial score (nSPS) is 10.8. The molecule has 0 radical (unpaired) electrons. The SMILES string of the molecule is COC(=O)c1c(C)n(C)c2ccc(CN)cc12. The van der Waals surface area contributed by atoms with E-state index < -0.39 is 0 Å². The lowest BCUT2D eigenvalue weighted by atomic mass is 10.1. The van der Waals surface area contributed by atoms with Gasteiger partial charge in [0.2, 0.25) is 0 Å². The molecule has 1 heterocycles. The van der Waals surface area contributed by atoms with Crippen molar-refractivity contribution in [3.63, 3.8) is 0 Å². The standard InChI is InChI=1S/C13H16N2O2/c1-8-12(13(16)17-3)10-6-9(7-14)4-5-11(10)15(8)2/h4-6H,7,14H2,1-3H3. The zero-order chi connectivity index (χ0) is 12.6. The van der Waals surface area contributed by atoms with E-state index in [2.05, 4.69) is 0 Å². The average molecular weight is 232 g/mol. The molecule has 0 atom stereocenters. The van der Waals surface area contributed by atoms with Crippen LogP contribution in [0.3, 0.4) is 0 Å². The van der Waals surface area contributed by atoms with Gasteiger partial charge >= 0.3 is 5.97 Å². The fourth-order valence-corrected chi connectivity index (χ4v) is 2.11. The van der Waals surface area contributed by atoms with Crippen LogP contribution >= 0.6 is 0 Å². The van der Waals surface area contributed by atoms with E-state index in [1.807, 2.05) is 36.7 Å². The van der Waals surface area contributed by atoms with E-state index in [9.17, 15) is 4.79 Å². The van der Waals surface area contributed by atoms with Crippen molar-refractivity contribution in [2.24, 2.45) is 12.8 Å². The number of ether oxygens (including phenoxy) is 1. The van der Waals surface area contributed by atoms with Crippen molar-refractivity contribution in [2.45, 2.75) is 13.5 Å². The quantitative estimate of drug-likeness (QED) is 0.802. The lowest BCUT2D eigenvalue weighted by molar-refractivity contribution is 0.0602. The molecule has 90 valence electrons. The van der Waals surface area contributed by atoms with E-state index in [4.69, 9.17) is 10.5 Å². The van der Waals surface area contributed by atoms with Crippen molar-refractivity contribution in [2.75, 3.05) is 7.11 Å². The molecule has 0 amide bonds. The maximum atomic E-state index is 11.8. The van der Waals surface area contributed by atoms with Crippen LogP contribution in [-0.4, -0.2) is 17.6 Å². The first-order valence-electron chi connectivity index (χ1n) is 5.46. The van der Waals surface area contributed by atoms with Gasteiger partial charge in [0.25, 0.3) is 0 Å². The minimum Gasteiger partial charge on any atom is -0.465 e. The van der Waals surface area contributed by atoms with Crippen molar-refractivity contribution in [3.8, 4) is 0 Å². The van der Waals surface area contributed by atoms with Gasteiger partial charge in [0, 0.05) is 30.2 Å². The second-order valence-corrected chi connectivity index (χ2v) is 4.07. The van der Waals surface area contributed by atoms with E-state index in [0.717, 1.165) is 22.2 Å². The smallest absolute Gasteiger partial charge is 0.340 e. The molecule has 0 spiro atoms. The van der Waals surface area contributed by atoms with Crippen molar-refractivity contribution >= 4 is 16.9 Å². The molecule has 2 aromatic rings. The molecule has 4 nitrogen and oxygen atoms in total. The monoisotopic (exact) mass is 232 g/mol. The molecule has 17 heavy (non-hydrogen) atoms. The fraction of sp³-hybridized carbons (Fsp3) is 0.308. The predicted octanol–water partition coefficient (Wildman–Crippen LogP) is 1.73. The molecule has 2 rings (SSSR count). The van der Waals surface area contributed by atoms with Gasteiger partial charge in [-0.2, -0.15) is 0 Å². The summed E-state index contributed by atoms with van der Waals surface area (Å²) >= 11 is 0. The molecule has 0 fully saturated rings. The largest absolute Gasteiger partial charge is 0.465 e. The van der Waals surface area contributed by atoms with Crippen LogP contribution in [0.2, 0.25) is 0 Å². The minimum atomic E-state index is -0.303. The molecule has 4 heteroatoms. The topological polar surface area (TPSA) is 57.2 Å². The highest BCUT2D eigenvalue weighted by atomic mass is 16.5. The number of nitrogens with two attached hydrogens (primary N) is 1. The first kappa shape index (κ1) is 11.7. The molecule has 0 saturated heterocycles. The summed E-state index contributed by atoms with van der Waals surface area (Å²) in [4.78, 5) is 11.8. The van der Waals surface area contributed by atoms with E-state index in [1.54, 1.807) is 0 Å². The summed E-state index contributed by atoms with van der Waals surface area (Å²) in [6.07, 6.45) is 0. The molecule has 1 aromatic carbocycles. The number of aromatic nitrogens is 1. The third-order valence-electron chi connectivity index (χ3n) is 3.18. The number of nitrogens with zero attached hydrogens (tertiary/aromatic N) is 1. The summed E-state index contributed by atoms with van der Waals surface area (Å²) in [7, 11) is 3.33. The molecule has 2 N–H and O–H groups in total. The highest BCUT2D eigenvalue weighted by Crippen LogP contribution is 2.26. The molecule has 1 aromatic heterocycles. The highest BCUT2D eigenvalue weighted by molar-refractivity contribution is 6.06. The first-order chi connectivity index (χ1) is 8.10. The van der Waals surface area contributed by atoms with Crippen molar-refractivity contribution in [1.29, 1.82) is 0 Å². The third-order valence-corrected chi connectivity index (χ3v) is 3.18. The van der Waals surface area contributed by atoms with Gasteiger partial charge in [0.05, 0.1) is 12.7 Å². The number of aryl methyl sites for hydroxylation is 1. The van der Waals surface area contributed by atoms with Crippen LogP contribution in [0.15, 0.2) is 18.2 Å². The van der Waals surface area contributed by atoms with Crippen LogP contribution in [0.25, 0.3) is 10.9 Å². The Morgan fingerprint density at radius 1 is 1.47 bits per heavy atom. The number of hydrogen-bond acceptors (Lipinski definition) is 3. The number of carbonyl (C=O) groups excluding carboxylic acids is 1. The zero-order valence-electron chi connectivity index (χ0n) is 10.3. The van der Waals surface area contributed by atoms with Gasteiger partial charge in [-0.25, -0.2) is 4.79 Å². The highest BCUT2D eigenvalue weighted by Gasteiger charge is 2.18. The Morgan fingerprint density at radius 3 is 2.76 bits per heavy atom. The Kier molecular flexibility index (Phi) is 2.90. The van der Waals surface area contributed by atoms with Gasteiger partial charge < -0.3 is 15.0 Å². The van der Waals surface area contributed by atoms with Crippen LogP contribution in [0.4, 0.5) is 0 Å². The minimum absolute atomic E-state index is 0.303. The maximum Gasteiger partial charge on any atom is 0.340 e. The number of esters is 1. The van der Waals surface area contributed by atoms with Crippen LogP contribution in [0.5, 0.6) is 0 Å². The Morgan fingerprint density at radius 2 is 2.18 bits per heavy atom. The first-order valence-corrected chi connectivity index (χ1v) is 5.46. The summed E-state index contributed by atoms with van der Waals surface area (Å²) in [5.41, 5.74) is 9.17. The predicted molar refractivity (Wildman–Crippen MR) is 66.9 cm³/mol. The van der Waals surface area contributed by atoms with Crippen molar-refractivity contribution in [3.05, 3.63) is 35.0 Å². The van der Waals surface area contributed by atoms with Crippen LogP contribution in [-0.2, 0) is 18.3 Å². The lowest BCUT2D eigenvalue weighted by Gasteiger charge is -2.00. The summed E-state index contributed by atoms with van der Waals surface area (Å²) in [6, 6.07) is 5.91. The van der Waals surface area contributed by atoms with E-state index in [1.165, 1.54) is 7.11 Å². The molecule has 0 saturated carbocycles. The van der Waals surface area contributed by atoms with E-state index >= 15 is 0 Å². The van der Waals surface area contributed by atoms with E-state index in [0.29, 0.717) is 12.1 Å². The third kappa shape index (κ3) is 1.70.